The minimum Gasteiger partial charge on any atom is -0.346 e. The fraction of sp³-hybridized carbons (Fsp3) is 0.438. The van der Waals surface area contributed by atoms with E-state index in [2.05, 4.69) is 29.1 Å². The van der Waals surface area contributed by atoms with E-state index in [1.807, 2.05) is 13.0 Å². The Kier molecular flexibility index (Phi) is 4.15. The minimum atomic E-state index is -0.274. The van der Waals surface area contributed by atoms with E-state index >= 15 is 0 Å². The predicted octanol–water partition coefficient (Wildman–Crippen LogP) is 2.57. The second-order valence-corrected chi connectivity index (χ2v) is 6.79. The predicted molar refractivity (Wildman–Crippen MR) is 92.8 cm³/mol. The standard InChI is InChI=1S/C16H19FN6S/c1-11-18-16(24-21-11)23-7-3-6-22(8-9-23)10-14-19-13-5-2-4-12(17)15(13)20-14/h2,4-5H,3,6-10H2,1H3,(H,19,20). The zero-order valence-electron chi connectivity index (χ0n) is 13.5. The molecule has 1 aromatic carbocycles. The molecule has 1 fully saturated rings. The van der Waals surface area contributed by atoms with Crippen molar-refractivity contribution in [3.05, 3.63) is 35.7 Å². The van der Waals surface area contributed by atoms with Crippen LogP contribution in [0.5, 0.6) is 0 Å². The molecule has 0 unspecified atom stereocenters. The molecule has 24 heavy (non-hydrogen) atoms. The van der Waals surface area contributed by atoms with Gasteiger partial charge in [-0.15, -0.1) is 0 Å². The van der Waals surface area contributed by atoms with E-state index in [9.17, 15) is 4.39 Å². The molecule has 8 heteroatoms. The van der Waals surface area contributed by atoms with Gasteiger partial charge in [-0.2, -0.15) is 4.37 Å². The van der Waals surface area contributed by atoms with Gasteiger partial charge in [0.1, 0.15) is 17.2 Å². The highest BCUT2D eigenvalue weighted by molar-refractivity contribution is 7.09. The first-order valence-electron chi connectivity index (χ1n) is 8.10. The molecule has 0 saturated carbocycles. The summed E-state index contributed by atoms with van der Waals surface area (Å²) >= 11 is 1.46. The van der Waals surface area contributed by atoms with Crippen molar-refractivity contribution < 1.29 is 4.39 Å². The summed E-state index contributed by atoms with van der Waals surface area (Å²) in [7, 11) is 0. The Hall–Kier alpha value is -2.06. The maximum Gasteiger partial charge on any atom is 0.205 e. The molecule has 2 aromatic heterocycles. The summed E-state index contributed by atoms with van der Waals surface area (Å²) in [5, 5.41) is 1.00. The van der Waals surface area contributed by atoms with E-state index in [1.165, 1.54) is 17.6 Å². The van der Waals surface area contributed by atoms with Gasteiger partial charge in [0.2, 0.25) is 5.13 Å². The molecule has 6 nitrogen and oxygen atoms in total. The van der Waals surface area contributed by atoms with E-state index in [0.717, 1.165) is 54.9 Å². The SMILES string of the molecule is Cc1nsc(N2CCCN(Cc3nc4c(F)cccc4[nH]3)CC2)n1. The van der Waals surface area contributed by atoms with Crippen molar-refractivity contribution in [3.8, 4) is 0 Å². The van der Waals surface area contributed by atoms with E-state index < -0.39 is 0 Å². The van der Waals surface area contributed by atoms with Crippen LogP contribution in [0.15, 0.2) is 18.2 Å². The normalized spacial score (nSPS) is 16.7. The maximum atomic E-state index is 13.8. The van der Waals surface area contributed by atoms with Gasteiger partial charge in [-0.3, -0.25) is 4.90 Å². The topological polar surface area (TPSA) is 60.9 Å². The van der Waals surface area contributed by atoms with Crippen molar-refractivity contribution in [1.82, 2.24) is 24.2 Å². The average molecular weight is 346 g/mol. The Balaban J connectivity index is 1.44. The molecule has 1 saturated heterocycles. The monoisotopic (exact) mass is 346 g/mol. The number of hydrogen-bond acceptors (Lipinski definition) is 6. The smallest absolute Gasteiger partial charge is 0.205 e. The Morgan fingerprint density at radius 3 is 2.92 bits per heavy atom. The van der Waals surface area contributed by atoms with E-state index in [1.54, 1.807) is 6.07 Å². The lowest BCUT2D eigenvalue weighted by Gasteiger charge is -2.20. The summed E-state index contributed by atoms with van der Waals surface area (Å²) < 4.78 is 18.0. The van der Waals surface area contributed by atoms with Gasteiger partial charge in [0, 0.05) is 37.7 Å². The van der Waals surface area contributed by atoms with Crippen LogP contribution in [0.2, 0.25) is 0 Å². The van der Waals surface area contributed by atoms with Crippen LogP contribution in [0.3, 0.4) is 0 Å². The van der Waals surface area contributed by atoms with Crippen molar-refractivity contribution >= 4 is 27.7 Å². The number of halogens is 1. The van der Waals surface area contributed by atoms with Crippen LogP contribution in [0.4, 0.5) is 9.52 Å². The summed E-state index contributed by atoms with van der Waals surface area (Å²) in [6, 6.07) is 5.01. The molecular weight excluding hydrogens is 327 g/mol. The third-order valence-electron chi connectivity index (χ3n) is 4.26. The largest absolute Gasteiger partial charge is 0.346 e. The van der Waals surface area contributed by atoms with E-state index in [4.69, 9.17) is 0 Å². The average Bonchev–Trinajstić information content (AvgIpc) is 3.10. The van der Waals surface area contributed by atoms with Crippen molar-refractivity contribution in [1.29, 1.82) is 0 Å². The van der Waals surface area contributed by atoms with Crippen LogP contribution in [0.25, 0.3) is 11.0 Å². The number of rotatable bonds is 3. The molecular formula is C16H19FN6S. The van der Waals surface area contributed by atoms with Gasteiger partial charge in [0.15, 0.2) is 5.82 Å². The molecule has 0 aliphatic carbocycles. The number of anilines is 1. The van der Waals surface area contributed by atoms with Gasteiger partial charge in [0.25, 0.3) is 0 Å². The van der Waals surface area contributed by atoms with E-state index in [-0.39, 0.29) is 5.82 Å². The lowest BCUT2D eigenvalue weighted by atomic mass is 10.3. The first-order valence-corrected chi connectivity index (χ1v) is 8.87. The highest BCUT2D eigenvalue weighted by Gasteiger charge is 2.19. The number of para-hydroxylation sites is 1. The van der Waals surface area contributed by atoms with Crippen LogP contribution >= 0.6 is 11.5 Å². The van der Waals surface area contributed by atoms with Crippen LogP contribution in [-0.2, 0) is 6.54 Å². The van der Waals surface area contributed by atoms with Crippen molar-refractivity contribution in [2.45, 2.75) is 19.9 Å². The highest BCUT2D eigenvalue weighted by atomic mass is 32.1. The lowest BCUT2D eigenvalue weighted by Crippen LogP contribution is -2.30. The highest BCUT2D eigenvalue weighted by Crippen LogP contribution is 2.20. The van der Waals surface area contributed by atoms with E-state index in [0.29, 0.717) is 12.1 Å². The molecule has 0 atom stereocenters. The van der Waals surface area contributed by atoms with Gasteiger partial charge in [-0.1, -0.05) is 6.07 Å². The van der Waals surface area contributed by atoms with Crippen molar-refractivity contribution in [3.63, 3.8) is 0 Å². The summed E-state index contributed by atoms with van der Waals surface area (Å²) in [6.45, 7) is 6.46. The maximum absolute atomic E-state index is 13.8. The first kappa shape index (κ1) is 15.5. The van der Waals surface area contributed by atoms with Gasteiger partial charge >= 0.3 is 0 Å². The van der Waals surface area contributed by atoms with Gasteiger partial charge < -0.3 is 9.88 Å². The van der Waals surface area contributed by atoms with Crippen molar-refractivity contribution in [2.24, 2.45) is 0 Å². The Morgan fingerprint density at radius 2 is 2.12 bits per heavy atom. The Labute approximate surface area is 143 Å². The van der Waals surface area contributed by atoms with Crippen LogP contribution in [0, 0.1) is 12.7 Å². The fourth-order valence-electron chi connectivity index (χ4n) is 3.07. The number of nitrogens with zero attached hydrogens (tertiary/aromatic N) is 5. The van der Waals surface area contributed by atoms with Gasteiger partial charge in [-0.05, 0) is 25.5 Å². The Bertz CT molecular complexity index is 844. The second kappa shape index (κ2) is 6.45. The van der Waals surface area contributed by atoms with Crippen molar-refractivity contribution in [2.75, 3.05) is 31.1 Å². The van der Waals surface area contributed by atoms with Crippen LogP contribution in [0.1, 0.15) is 18.1 Å². The fourth-order valence-corrected chi connectivity index (χ4v) is 3.80. The molecule has 3 aromatic rings. The summed E-state index contributed by atoms with van der Waals surface area (Å²) in [6.07, 6.45) is 1.06. The number of fused-ring (bicyclic) bond motifs is 1. The van der Waals surface area contributed by atoms with Gasteiger partial charge in [-0.25, -0.2) is 14.4 Å². The Morgan fingerprint density at radius 1 is 1.21 bits per heavy atom. The summed E-state index contributed by atoms with van der Waals surface area (Å²) in [5.74, 6) is 1.37. The molecule has 1 aliphatic heterocycles. The molecule has 1 aliphatic rings. The lowest BCUT2D eigenvalue weighted by molar-refractivity contribution is 0.279. The molecule has 4 rings (SSSR count). The molecule has 0 spiro atoms. The summed E-state index contributed by atoms with van der Waals surface area (Å²) in [4.78, 5) is 16.8. The number of hydrogen-bond donors (Lipinski definition) is 1. The summed E-state index contributed by atoms with van der Waals surface area (Å²) in [5.41, 5.74) is 1.18. The number of H-pyrrole nitrogens is 1. The number of aromatic nitrogens is 4. The van der Waals surface area contributed by atoms with Gasteiger partial charge in [0.05, 0.1) is 12.1 Å². The number of benzene rings is 1. The first-order chi connectivity index (χ1) is 11.7. The number of aromatic amines is 1. The van der Waals surface area contributed by atoms with Crippen LogP contribution < -0.4 is 4.90 Å². The molecule has 126 valence electrons. The molecule has 1 N–H and O–H groups in total. The molecule has 0 radical (unpaired) electrons. The quantitative estimate of drug-likeness (QED) is 0.790. The third-order valence-corrected chi connectivity index (χ3v) is 5.13. The zero-order valence-corrected chi connectivity index (χ0v) is 14.3. The minimum absolute atomic E-state index is 0.274. The molecule has 3 heterocycles. The number of aryl methyl sites for hydroxylation is 1. The number of nitrogens with one attached hydrogen (secondary N) is 1. The second-order valence-electron chi connectivity index (χ2n) is 6.06. The zero-order chi connectivity index (χ0) is 16.5. The third kappa shape index (κ3) is 3.11. The number of imidazole rings is 1. The van der Waals surface area contributed by atoms with Crippen LogP contribution in [-0.4, -0.2) is 50.4 Å². The molecule has 0 amide bonds. The molecule has 0 bridgehead atoms.